The minimum absolute atomic E-state index is 0.217. The molecule has 3 heteroatoms. The molecule has 1 amide bonds. The van der Waals surface area contributed by atoms with E-state index >= 15 is 0 Å². The zero-order chi connectivity index (χ0) is 14.5. The highest BCUT2D eigenvalue weighted by molar-refractivity contribution is 5.93. The van der Waals surface area contributed by atoms with E-state index in [9.17, 15) is 4.79 Å². The van der Waals surface area contributed by atoms with Crippen LogP contribution in [0.1, 0.15) is 61.5 Å². The summed E-state index contributed by atoms with van der Waals surface area (Å²) >= 11 is 0. The first kappa shape index (κ1) is 15.7. The number of nitrogens with one attached hydrogen (secondary N) is 1. The molecule has 0 aliphatic carbocycles. The summed E-state index contributed by atoms with van der Waals surface area (Å²) in [5.74, 6) is -0.368. The number of aryl methyl sites for hydroxylation is 1. The molecule has 0 aliphatic heterocycles. The van der Waals surface area contributed by atoms with E-state index in [1.165, 1.54) is 5.56 Å². The fourth-order valence-corrected chi connectivity index (χ4v) is 2.46. The van der Waals surface area contributed by atoms with Gasteiger partial charge in [0.05, 0.1) is 0 Å². The highest BCUT2D eigenvalue weighted by atomic mass is 16.1. The Hall–Kier alpha value is -1.35. The van der Waals surface area contributed by atoms with Crippen molar-refractivity contribution in [2.75, 3.05) is 0 Å². The predicted molar refractivity (Wildman–Crippen MR) is 80.1 cm³/mol. The molecule has 0 bridgehead atoms. The van der Waals surface area contributed by atoms with Crippen LogP contribution in [0, 0.1) is 6.92 Å². The number of nitrogens with two attached hydrogens (primary N) is 1. The van der Waals surface area contributed by atoms with E-state index in [0.717, 1.165) is 31.4 Å². The number of carbonyl (C=O) groups is 1. The van der Waals surface area contributed by atoms with Gasteiger partial charge in [0, 0.05) is 17.6 Å². The molecule has 19 heavy (non-hydrogen) atoms. The highest BCUT2D eigenvalue weighted by Gasteiger charge is 2.22. The summed E-state index contributed by atoms with van der Waals surface area (Å²) in [5.41, 5.74) is 8.42. The lowest BCUT2D eigenvalue weighted by Crippen LogP contribution is -2.43. The van der Waals surface area contributed by atoms with Gasteiger partial charge in [-0.2, -0.15) is 0 Å². The van der Waals surface area contributed by atoms with Crippen molar-refractivity contribution in [1.29, 1.82) is 0 Å². The lowest BCUT2D eigenvalue weighted by atomic mass is 9.89. The molecule has 0 saturated carbocycles. The molecular weight excluding hydrogens is 236 g/mol. The van der Waals surface area contributed by atoms with E-state index in [0.29, 0.717) is 5.56 Å². The van der Waals surface area contributed by atoms with Gasteiger partial charge in [-0.25, -0.2) is 0 Å². The number of amides is 1. The van der Waals surface area contributed by atoms with Crippen molar-refractivity contribution in [1.82, 2.24) is 5.32 Å². The molecule has 3 N–H and O–H groups in total. The highest BCUT2D eigenvalue weighted by Crippen LogP contribution is 2.21. The van der Waals surface area contributed by atoms with Gasteiger partial charge in [0.2, 0.25) is 5.91 Å². The third kappa shape index (κ3) is 3.80. The van der Waals surface area contributed by atoms with Crippen molar-refractivity contribution < 1.29 is 4.79 Å². The van der Waals surface area contributed by atoms with Crippen LogP contribution in [0.3, 0.4) is 0 Å². The van der Waals surface area contributed by atoms with Gasteiger partial charge in [-0.05, 0) is 49.4 Å². The minimum Gasteiger partial charge on any atom is -0.366 e. The molecule has 0 spiro atoms. The van der Waals surface area contributed by atoms with E-state index in [4.69, 9.17) is 5.73 Å². The fraction of sp³-hybridized carbons (Fsp3) is 0.562. The van der Waals surface area contributed by atoms with Gasteiger partial charge >= 0.3 is 0 Å². The van der Waals surface area contributed by atoms with E-state index in [1.807, 2.05) is 19.1 Å². The molecule has 0 fully saturated rings. The first-order valence-electron chi connectivity index (χ1n) is 7.12. The standard InChI is InChI=1S/C16H26N2O/c1-5-16(6-2,7-3)18-11-14-9-8-13(15(17)19)10-12(14)4/h8-10,18H,5-7,11H2,1-4H3,(H2,17,19). The number of primary amides is 1. The number of carbonyl (C=O) groups excluding carboxylic acids is 1. The number of hydrogen-bond acceptors (Lipinski definition) is 2. The minimum atomic E-state index is -0.368. The molecular formula is C16H26N2O. The molecule has 0 heterocycles. The molecule has 0 radical (unpaired) electrons. The molecule has 1 aromatic carbocycles. The second-order valence-corrected chi connectivity index (χ2v) is 5.20. The summed E-state index contributed by atoms with van der Waals surface area (Å²) in [6.45, 7) is 9.53. The summed E-state index contributed by atoms with van der Waals surface area (Å²) < 4.78 is 0. The molecule has 0 aromatic heterocycles. The zero-order valence-corrected chi connectivity index (χ0v) is 12.5. The van der Waals surface area contributed by atoms with Crippen LogP contribution in [0.25, 0.3) is 0 Å². The summed E-state index contributed by atoms with van der Waals surface area (Å²) in [6, 6.07) is 5.66. The third-order valence-corrected chi connectivity index (χ3v) is 4.31. The van der Waals surface area contributed by atoms with Crippen molar-refractivity contribution in [3.05, 3.63) is 34.9 Å². The Bertz CT molecular complexity index is 428. The van der Waals surface area contributed by atoms with Crippen molar-refractivity contribution in [3.8, 4) is 0 Å². The average Bonchev–Trinajstić information content (AvgIpc) is 2.42. The van der Waals surface area contributed by atoms with Crippen molar-refractivity contribution in [3.63, 3.8) is 0 Å². The topological polar surface area (TPSA) is 55.1 Å². The second kappa shape index (κ2) is 6.71. The first-order chi connectivity index (χ1) is 8.98. The first-order valence-corrected chi connectivity index (χ1v) is 7.12. The van der Waals surface area contributed by atoms with Gasteiger partial charge < -0.3 is 11.1 Å². The van der Waals surface area contributed by atoms with Crippen molar-refractivity contribution >= 4 is 5.91 Å². The maximum Gasteiger partial charge on any atom is 0.248 e. The molecule has 0 aliphatic rings. The summed E-state index contributed by atoms with van der Waals surface area (Å²) in [6.07, 6.45) is 3.37. The molecule has 0 unspecified atom stereocenters. The Morgan fingerprint density at radius 3 is 2.21 bits per heavy atom. The van der Waals surface area contributed by atoms with E-state index < -0.39 is 0 Å². The number of benzene rings is 1. The van der Waals surface area contributed by atoms with Crippen LogP contribution in [0.5, 0.6) is 0 Å². The average molecular weight is 262 g/mol. The Balaban J connectivity index is 2.80. The van der Waals surface area contributed by atoms with Crippen LogP contribution in [0.2, 0.25) is 0 Å². The number of hydrogen-bond donors (Lipinski definition) is 2. The molecule has 3 nitrogen and oxygen atoms in total. The SMILES string of the molecule is CCC(CC)(CC)NCc1ccc(C(N)=O)cc1C. The van der Waals surface area contributed by atoms with Crippen LogP contribution >= 0.6 is 0 Å². The molecule has 0 saturated heterocycles. The fourth-order valence-electron chi connectivity index (χ4n) is 2.46. The third-order valence-electron chi connectivity index (χ3n) is 4.31. The monoisotopic (exact) mass is 262 g/mol. The van der Waals surface area contributed by atoms with Gasteiger partial charge in [-0.1, -0.05) is 26.8 Å². The normalized spacial score (nSPS) is 11.6. The molecule has 1 rings (SSSR count). The zero-order valence-electron chi connectivity index (χ0n) is 12.5. The number of rotatable bonds is 7. The van der Waals surface area contributed by atoms with Crippen molar-refractivity contribution in [2.24, 2.45) is 5.73 Å². The van der Waals surface area contributed by atoms with Crippen LogP contribution in [-0.4, -0.2) is 11.4 Å². The van der Waals surface area contributed by atoms with Gasteiger partial charge in [-0.3, -0.25) is 4.79 Å². The predicted octanol–water partition coefficient (Wildman–Crippen LogP) is 3.15. The maximum atomic E-state index is 11.1. The summed E-state index contributed by atoms with van der Waals surface area (Å²) in [7, 11) is 0. The maximum absolute atomic E-state index is 11.1. The van der Waals surface area contributed by atoms with Gasteiger partial charge in [0.25, 0.3) is 0 Å². The Kier molecular flexibility index (Phi) is 5.55. The van der Waals surface area contributed by atoms with Gasteiger partial charge in [0.1, 0.15) is 0 Å². The molecule has 1 aromatic rings. The van der Waals surface area contributed by atoms with Crippen molar-refractivity contribution in [2.45, 2.75) is 59.0 Å². The smallest absolute Gasteiger partial charge is 0.248 e. The largest absolute Gasteiger partial charge is 0.366 e. The summed E-state index contributed by atoms with van der Waals surface area (Å²) in [4.78, 5) is 11.1. The second-order valence-electron chi connectivity index (χ2n) is 5.20. The molecule has 106 valence electrons. The van der Waals surface area contributed by atoms with E-state index in [1.54, 1.807) is 6.07 Å². The van der Waals surface area contributed by atoms with Gasteiger partial charge in [-0.15, -0.1) is 0 Å². The quantitative estimate of drug-likeness (QED) is 0.793. The van der Waals surface area contributed by atoms with E-state index in [2.05, 4.69) is 26.1 Å². The Morgan fingerprint density at radius 2 is 1.79 bits per heavy atom. The van der Waals surface area contributed by atoms with Crippen LogP contribution < -0.4 is 11.1 Å². The Morgan fingerprint density at radius 1 is 1.21 bits per heavy atom. The van der Waals surface area contributed by atoms with Gasteiger partial charge in [0.15, 0.2) is 0 Å². The molecule has 0 atom stereocenters. The van der Waals surface area contributed by atoms with E-state index in [-0.39, 0.29) is 11.4 Å². The van der Waals surface area contributed by atoms with Crippen LogP contribution in [0.4, 0.5) is 0 Å². The lowest BCUT2D eigenvalue weighted by molar-refractivity contribution is 0.1000. The lowest BCUT2D eigenvalue weighted by Gasteiger charge is -2.32. The van der Waals surface area contributed by atoms with Crippen LogP contribution in [0.15, 0.2) is 18.2 Å². The van der Waals surface area contributed by atoms with Crippen LogP contribution in [-0.2, 0) is 6.54 Å². The Labute approximate surface area is 116 Å². The summed E-state index contributed by atoms with van der Waals surface area (Å²) in [5, 5.41) is 3.67.